The third-order valence-corrected chi connectivity index (χ3v) is 2.93. The number of aromatic amines is 1. The first-order valence-electron chi connectivity index (χ1n) is 5.57. The summed E-state index contributed by atoms with van der Waals surface area (Å²) in [6.07, 6.45) is 5.30. The molecule has 1 heterocycles. The van der Waals surface area contributed by atoms with Crippen LogP contribution in [0.2, 0.25) is 0 Å². The molecule has 1 aliphatic rings. The van der Waals surface area contributed by atoms with Gasteiger partial charge >= 0.3 is 0 Å². The molecule has 1 fully saturated rings. The standard InChI is InChI=1S/C9H16N6O/c10-6-4-2-1-3-5-7(6)11-9(16)8-12-14-15-13-8/h6-7H,1-5,10H2,(H,11,16)(H,12,13,14,15). The lowest BCUT2D eigenvalue weighted by molar-refractivity contribution is 0.0918. The van der Waals surface area contributed by atoms with Crippen LogP contribution in [-0.4, -0.2) is 38.6 Å². The zero-order valence-electron chi connectivity index (χ0n) is 9.02. The number of aromatic nitrogens is 4. The second-order valence-electron chi connectivity index (χ2n) is 4.12. The Hall–Kier alpha value is -1.50. The third kappa shape index (κ3) is 2.54. The summed E-state index contributed by atoms with van der Waals surface area (Å²) in [5, 5.41) is 15.7. The Kier molecular flexibility index (Phi) is 3.45. The maximum Gasteiger partial charge on any atom is 0.293 e. The van der Waals surface area contributed by atoms with E-state index >= 15 is 0 Å². The number of carbonyl (C=O) groups is 1. The van der Waals surface area contributed by atoms with Crippen LogP contribution in [0.25, 0.3) is 0 Å². The summed E-state index contributed by atoms with van der Waals surface area (Å²) in [7, 11) is 0. The van der Waals surface area contributed by atoms with E-state index in [0.29, 0.717) is 0 Å². The van der Waals surface area contributed by atoms with Crippen LogP contribution in [0.5, 0.6) is 0 Å². The van der Waals surface area contributed by atoms with Crippen LogP contribution < -0.4 is 11.1 Å². The molecule has 7 heteroatoms. The SMILES string of the molecule is NC1CCCCCC1NC(=O)c1nn[nH]n1. The molecule has 1 amide bonds. The van der Waals surface area contributed by atoms with Gasteiger partial charge in [-0.25, -0.2) is 0 Å². The van der Waals surface area contributed by atoms with Crippen molar-refractivity contribution in [1.82, 2.24) is 25.9 Å². The van der Waals surface area contributed by atoms with Crippen LogP contribution in [0.4, 0.5) is 0 Å². The molecule has 2 atom stereocenters. The molecule has 2 rings (SSSR count). The third-order valence-electron chi connectivity index (χ3n) is 2.93. The molecular formula is C9H16N6O. The van der Waals surface area contributed by atoms with E-state index in [1.54, 1.807) is 0 Å². The fraction of sp³-hybridized carbons (Fsp3) is 0.778. The molecule has 1 aromatic heterocycles. The van der Waals surface area contributed by atoms with E-state index in [4.69, 9.17) is 5.73 Å². The Morgan fingerprint density at radius 3 is 2.94 bits per heavy atom. The van der Waals surface area contributed by atoms with E-state index < -0.39 is 0 Å². The highest BCUT2D eigenvalue weighted by atomic mass is 16.2. The van der Waals surface area contributed by atoms with Crippen molar-refractivity contribution in [3.63, 3.8) is 0 Å². The van der Waals surface area contributed by atoms with Crippen LogP contribution >= 0.6 is 0 Å². The lowest BCUT2D eigenvalue weighted by Crippen LogP contribution is -2.47. The van der Waals surface area contributed by atoms with E-state index in [1.807, 2.05) is 0 Å². The van der Waals surface area contributed by atoms with Crippen molar-refractivity contribution >= 4 is 5.91 Å². The minimum atomic E-state index is -0.309. The molecule has 0 radical (unpaired) electrons. The zero-order valence-corrected chi connectivity index (χ0v) is 9.02. The zero-order chi connectivity index (χ0) is 11.4. The number of nitrogens with two attached hydrogens (primary N) is 1. The van der Waals surface area contributed by atoms with Gasteiger partial charge in [0.25, 0.3) is 11.7 Å². The summed E-state index contributed by atoms with van der Waals surface area (Å²) in [6, 6.07) is 0.0480. The number of tetrazole rings is 1. The molecule has 4 N–H and O–H groups in total. The molecule has 7 nitrogen and oxygen atoms in total. The molecule has 1 saturated carbocycles. The summed E-state index contributed by atoms with van der Waals surface area (Å²) in [6.45, 7) is 0. The molecule has 0 bridgehead atoms. The quantitative estimate of drug-likeness (QED) is 0.591. The Bertz CT molecular complexity index is 338. The monoisotopic (exact) mass is 224 g/mol. The van der Waals surface area contributed by atoms with E-state index in [1.165, 1.54) is 6.42 Å². The van der Waals surface area contributed by atoms with Crippen LogP contribution in [0, 0.1) is 0 Å². The Labute approximate surface area is 93.2 Å². The van der Waals surface area contributed by atoms with Gasteiger partial charge in [-0.3, -0.25) is 4.79 Å². The summed E-state index contributed by atoms with van der Waals surface area (Å²) >= 11 is 0. The van der Waals surface area contributed by atoms with Gasteiger partial charge < -0.3 is 11.1 Å². The molecular weight excluding hydrogens is 208 g/mol. The molecule has 88 valence electrons. The summed E-state index contributed by atoms with van der Waals surface area (Å²) in [4.78, 5) is 11.7. The number of carbonyl (C=O) groups excluding carboxylic acids is 1. The summed E-state index contributed by atoms with van der Waals surface area (Å²) < 4.78 is 0. The van der Waals surface area contributed by atoms with Gasteiger partial charge in [0, 0.05) is 12.1 Å². The van der Waals surface area contributed by atoms with Crippen molar-refractivity contribution in [2.24, 2.45) is 5.73 Å². The molecule has 0 aliphatic heterocycles. The molecule has 0 aromatic carbocycles. The molecule has 16 heavy (non-hydrogen) atoms. The smallest absolute Gasteiger partial charge is 0.293 e. The van der Waals surface area contributed by atoms with Crippen LogP contribution in [0.3, 0.4) is 0 Å². The lowest BCUT2D eigenvalue weighted by Gasteiger charge is -2.21. The minimum absolute atomic E-state index is 0.0218. The highest BCUT2D eigenvalue weighted by molar-refractivity contribution is 5.90. The predicted octanol–water partition coefficient (Wildman–Crippen LogP) is -0.411. The first-order chi connectivity index (χ1) is 7.77. The van der Waals surface area contributed by atoms with Gasteiger partial charge in [-0.2, -0.15) is 5.21 Å². The van der Waals surface area contributed by atoms with E-state index in [0.717, 1.165) is 25.7 Å². The Morgan fingerprint density at radius 2 is 2.19 bits per heavy atom. The second kappa shape index (κ2) is 5.02. The fourth-order valence-electron chi connectivity index (χ4n) is 2.01. The molecule has 1 aliphatic carbocycles. The first kappa shape index (κ1) is 11.0. The van der Waals surface area contributed by atoms with Crippen molar-refractivity contribution in [2.75, 3.05) is 0 Å². The van der Waals surface area contributed by atoms with E-state index in [9.17, 15) is 4.79 Å². The summed E-state index contributed by atoms with van der Waals surface area (Å²) in [5.41, 5.74) is 6.00. The second-order valence-corrected chi connectivity index (χ2v) is 4.12. The number of nitrogens with one attached hydrogen (secondary N) is 2. The Balaban J connectivity index is 1.95. The van der Waals surface area contributed by atoms with Crippen LogP contribution in [-0.2, 0) is 0 Å². The normalized spacial score (nSPS) is 26.1. The van der Waals surface area contributed by atoms with Crippen LogP contribution in [0.1, 0.15) is 42.7 Å². The van der Waals surface area contributed by atoms with Gasteiger partial charge in [0.1, 0.15) is 0 Å². The van der Waals surface area contributed by atoms with Crippen molar-refractivity contribution in [2.45, 2.75) is 44.2 Å². The molecule has 1 aromatic rings. The highest BCUT2D eigenvalue weighted by Crippen LogP contribution is 2.16. The van der Waals surface area contributed by atoms with Crippen LogP contribution in [0.15, 0.2) is 0 Å². The number of H-pyrrole nitrogens is 1. The maximum atomic E-state index is 11.7. The molecule has 0 saturated heterocycles. The predicted molar refractivity (Wildman–Crippen MR) is 56.5 cm³/mol. The first-order valence-corrected chi connectivity index (χ1v) is 5.57. The van der Waals surface area contributed by atoms with Gasteiger partial charge in [0.2, 0.25) is 0 Å². The highest BCUT2D eigenvalue weighted by Gasteiger charge is 2.23. The average molecular weight is 224 g/mol. The molecule has 2 unspecified atom stereocenters. The average Bonchev–Trinajstić information content (AvgIpc) is 2.73. The number of rotatable bonds is 2. The minimum Gasteiger partial charge on any atom is -0.345 e. The number of hydrogen-bond donors (Lipinski definition) is 3. The van der Waals surface area contributed by atoms with E-state index in [-0.39, 0.29) is 23.8 Å². The lowest BCUT2D eigenvalue weighted by atomic mass is 10.0. The van der Waals surface area contributed by atoms with Crippen molar-refractivity contribution < 1.29 is 4.79 Å². The van der Waals surface area contributed by atoms with Gasteiger partial charge in [0.05, 0.1) is 0 Å². The fourth-order valence-corrected chi connectivity index (χ4v) is 2.01. The van der Waals surface area contributed by atoms with Gasteiger partial charge in [0.15, 0.2) is 0 Å². The van der Waals surface area contributed by atoms with Crippen molar-refractivity contribution in [3.05, 3.63) is 5.82 Å². The summed E-state index contributed by atoms with van der Waals surface area (Å²) in [5.74, 6) is -0.243. The number of amides is 1. The van der Waals surface area contributed by atoms with Crippen molar-refractivity contribution in [1.29, 1.82) is 0 Å². The van der Waals surface area contributed by atoms with Gasteiger partial charge in [-0.15, -0.1) is 10.2 Å². The van der Waals surface area contributed by atoms with Gasteiger partial charge in [-0.1, -0.05) is 19.3 Å². The largest absolute Gasteiger partial charge is 0.345 e. The van der Waals surface area contributed by atoms with E-state index in [2.05, 4.69) is 25.9 Å². The van der Waals surface area contributed by atoms with Gasteiger partial charge in [-0.05, 0) is 18.1 Å². The number of nitrogens with zero attached hydrogens (tertiary/aromatic N) is 3. The maximum absolute atomic E-state index is 11.7. The molecule has 0 spiro atoms. The van der Waals surface area contributed by atoms with Crippen molar-refractivity contribution in [3.8, 4) is 0 Å². The Morgan fingerprint density at radius 1 is 1.38 bits per heavy atom. The topological polar surface area (TPSA) is 110 Å². The number of hydrogen-bond acceptors (Lipinski definition) is 5.